The quantitative estimate of drug-likeness (QED) is 0.587. The van der Waals surface area contributed by atoms with Crippen LogP contribution in [0.4, 0.5) is 28.2 Å². The van der Waals surface area contributed by atoms with Crippen LogP contribution >= 0.6 is 0 Å². The van der Waals surface area contributed by atoms with Gasteiger partial charge in [0.1, 0.15) is 17.4 Å². The fourth-order valence-electron chi connectivity index (χ4n) is 3.46. The second-order valence-electron chi connectivity index (χ2n) is 7.29. The Morgan fingerprint density at radius 3 is 2.53 bits per heavy atom. The molecule has 3 aromatic rings. The summed E-state index contributed by atoms with van der Waals surface area (Å²) in [6.07, 6.45) is -4.18. The molecular formula is C19H16F4N6O3. The number of nitrogens with one attached hydrogen (secondary N) is 1. The molecule has 0 aliphatic carbocycles. The molecule has 3 aromatic heterocycles. The van der Waals surface area contributed by atoms with E-state index in [4.69, 9.17) is 5.11 Å². The van der Waals surface area contributed by atoms with Crippen molar-refractivity contribution in [1.29, 1.82) is 0 Å². The van der Waals surface area contributed by atoms with Crippen LogP contribution in [0.5, 0.6) is 0 Å². The van der Waals surface area contributed by atoms with Crippen LogP contribution in [-0.4, -0.2) is 60.9 Å². The van der Waals surface area contributed by atoms with Crippen LogP contribution in [0.3, 0.4) is 0 Å². The highest BCUT2D eigenvalue weighted by molar-refractivity contribution is 5.97. The first-order valence-electron chi connectivity index (χ1n) is 9.32. The molecule has 168 valence electrons. The SMILES string of the molecule is Cn1cnc2c(-c3ccc(C(F)(F)F)cn3)cnc(N[C@@H]3CN(C(=O)O)C[C@@H]3F)c2c1=O. The van der Waals surface area contributed by atoms with Crippen LogP contribution in [-0.2, 0) is 13.2 Å². The monoisotopic (exact) mass is 452 g/mol. The Kier molecular flexibility index (Phi) is 5.18. The second kappa shape index (κ2) is 7.73. The molecule has 1 aliphatic rings. The standard InChI is InChI=1S/C19H16F4N6O3/c1-28-8-26-15-10(12-3-2-9(4-24-12)19(21,22)23)5-25-16(14(15)17(28)30)27-13-7-29(18(31)32)6-11(13)20/h2-5,8,11,13H,6-7H2,1H3,(H,25,27)(H,31,32)/t11-,13+/m0/s1. The van der Waals surface area contributed by atoms with Gasteiger partial charge in [-0.05, 0) is 12.1 Å². The molecule has 1 aliphatic heterocycles. The number of hydrogen-bond acceptors (Lipinski definition) is 6. The third-order valence-electron chi connectivity index (χ3n) is 5.15. The summed E-state index contributed by atoms with van der Waals surface area (Å²) in [6.45, 7) is -0.475. The summed E-state index contributed by atoms with van der Waals surface area (Å²) in [5.74, 6) is -0.00995. The number of aryl methyl sites for hydroxylation is 1. The molecule has 2 N–H and O–H groups in total. The zero-order valence-electron chi connectivity index (χ0n) is 16.5. The van der Waals surface area contributed by atoms with Crippen LogP contribution in [0.25, 0.3) is 22.2 Å². The van der Waals surface area contributed by atoms with Gasteiger partial charge >= 0.3 is 12.3 Å². The number of rotatable bonds is 3. The lowest BCUT2D eigenvalue weighted by Crippen LogP contribution is -2.32. The smallest absolute Gasteiger partial charge is 0.417 e. The van der Waals surface area contributed by atoms with Crippen molar-refractivity contribution in [1.82, 2.24) is 24.4 Å². The van der Waals surface area contributed by atoms with E-state index in [9.17, 15) is 27.2 Å². The van der Waals surface area contributed by atoms with Crippen LogP contribution < -0.4 is 10.9 Å². The van der Waals surface area contributed by atoms with E-state index in [2.05, 4.69) is 20.3 Å². The van der Waals surface area contributed by atoms with Crippen molar-refractivity contribution < 1.29 is 27.5 Å². The summed E-state index contributed by atoms with van der Waals surface area (Å²) in [6, 6.07) is 1.06. The van der Waals surface area contributed by atoms with Crippen LogP contribution in [0.15, 0.2) is 35.6 Å². The third kappa shape index (κ3) is 3.81. The number of anilines is 1. The molecule has 1 amide bonds. The largest absolute Gasteiger partial charge is 0.465 e. The fraction of sp³-hybridized carbons (Fsp3) is 0.316. The molecule has 4 rings (SSSR count). The first-order valence-corrected chi connectivity index (χ1v) is 9.32. The molecule has 32 heavy (non-hydrogen) atoms. The van der Waals surface area contributed by atoms with Gasteiger partial charge in [0.05, 0.1) is 35.7 Å². The predicted octanol–water partition coefficient (Wildman–Crippen LogP) is 2.52. The first-order chi connectivity index (χ1) is 15.1. The average Bonchev–Trinajstić information content (AvgIpc) is 3.11. The Hall–Kier alpha value is -3.77. The summed E-state index contributed by atoms with van der Waals surface area (Å²) in [5, 5.41) is 11.8. The van der Waals surface area contributed by atoms with E-state index in [1.165, 1.54) is 24.1 Å². The molecule has 4 heterocycles. The number of hydrogen-bond donors (Lipinski definition) is 2. The van der Waals surface area contributed by atoms with Gasteiger partial charge in [-0.15, -0.1) is 0 Å². The summed E-state index contributed by atoms with van der Waals surface area (Å²) < 4.78 is 54.0. The van der Waals surface area contributed by atoms with Gasteiger partial charge < -0.3 is 19.9 Å². The molecule has 1 fully saturated rings. The lowest BCUT2D eigenvalue weighted by Gasteiger charge is -2.17. The van der Waals surface area contributed by atoms with Crippen molar-refractivity contribution in [3.8, 4) is 11.3 Å². The van der Waals surface area contributed by atoms with Gasteiger partial charge in [0, 0.05) is 31.5 Å². The van der Waals surface area contributed by atoms with E-state index >= 15 is 0 Å². The molecule has 0 aromatic carbocycles. The maximum atomic E-state index is 14.3. The Bertz CT molecular complexity index is 1240. The zero-order chi connectivity index (χ0) is 23.2. The van der Waals surface area contributed by atoms with Crippen LogP contribution in [0.1, 0.15) is 5.56 Å². The fourth-order valence-corrected chi connectivity index (χ4v) is 3.46. The molecule has 0 unspecified atom stereocenters. The number of carbonyl (C=O) groups is 1. The van der Waals surface area contributed by atoms with Gasteiger partial charge in [-0.3, -0.25) is 9.78 Å². The molecule has 13 heteroatoms. The van der Waals surface area contributed by atoms with Gasteiger partial charge in [0.2, 0.25) is 0 Å². The lowest BCUT2D eigenvalue weighted by atomic mass is 10.1. The number of nitrogens with zero attached hydrogens (tertiary/aromatic N) is 5. The van der Waals surface area contributed by atoms with Crippen LogP contribution in [0.2, 0.25) is 0 Å². The van der Waals surface area contributed by atoms with Crippen LogP contribution in [0, 0.1) is 0 Å². The Labute approximate surface area is 177 Å². The topological polar surface area (TPSA) is 113 Å². The molecule has 9 nitrogen and oxygen atoms in total. The van der Waals surface area contributed by atoms with E-state index in [0.29, 0.717) is 6.20 Å². The maximum Gasteiger partial charge on any atom is 0.417 e. The Morgan fingerprint density at radius 2 is 1.94 bits per heavy atom. The molecule has 0 bridgehead atoms. The van der Waals surface area contributed by atoms with Crippen molar-refractivity contribution in [2.75, 3.05) is 18.4 Å². The summed E-state index contributed by atoms with van der Waals surface area (Å²) in [7, 11) is 1.45. The third-order valence-corrected chi connectivity index (χ3v) is 5.15. The number of aromatic nitrogens is 4. The van der Waals surface area contributed by atoms with Gasteiger partial charge in [0.15, 0.2) is 0 Å². The van der Waals surface area contributed by atoms with E-state index in [-0.39, 0.29) is 41.1 Å². The molecular weight excluding hydrogens is 436 g/mol. The van der Waals surface area contributed by atoms with Crippen molar-refractivity contribution in [2.24, 2.45) is 7.05 Å². The van der Waals surface area contributed by atoms with Gasteiger partial charge in [-0.25, -0.2) is 19.2 Å². The summed E-state index contributed by atoms with van der Waals surface area (Å²) >= 11 is 0. The minimum atomic E-state index is -4.55. The minimum absolute atomic E-state index is 0.00995. The van der Waals surface area contributed by atoms with Crippen molar-refractivity contribution in [2.45, 2.75) is 18.4 Å². The normalized spacial score (nSPS) is 18.8. The van der Waals surface area contributed by atoms with E-state index in [1.54, 1.807) is 0 Å². The first kappa shape index (κ1) is 21.5. The van der Waals surface area contributed by atoms with Crippen molar-refractivity contribution in [3.63, 3.8) is 0 Å². The number of halogens is 4. The van der Waals surface area contributed by atoms with E-state index in [0.717, 1.165) is 17.0 Å². The molecule has 0 radical (unpaired) electrons. The van der Waals surface area contributed by atoms with Crippen molar-refractivity contribution in [3.05, 3.63) is 46.8 Å². The average molecular weight is 452 g/mol. The van der Waals surface area contributed by atoms with Crippen molar-refractivity contribution >= 4 is 22.8 Å². The number of likely N-dealkylation sites (tertiary alicyclic amines) is 1. The Morgan fingerprint density at radius 1 is 1.19 bits per heavy atom. The van der Waals surface area contributed by atoms with Gasteiger partial charge in [0.25, 0.3) is 5.56 Å². The maximum absolute atomic E-state index is 14.3. The minimum Gasteiger partial charge on any atom is -0.465 e. The summed E-state index contributed by atoms with van der Waals surface area (Å²) in [5.41, 5.74) is -1.01. The number of carboxylic acid groups (broad SMARTS) is 1. The molecule has 0 saturated carbocycles. The van der Waals surface area contributed by atoms with E-state index in [1.807, 2.05) is 0 Å². The molecule has 2 atom stereocenters. The highest BCUT2D eigenvalue weighted by atomic mass is 19.4. The number of fused-ring (bicyclic) bond motifs is 1. The zero-order valence-corrected chi connectivity index (χ0v) is 16.5. The molecule has 0 spiro atoms. The van der Waals surface area contributed by atoms with Gasteiger partial charge in [-0.1, -0.05) is 0 Å². The lowest BCUT2D eigenvalue weighted by molar-refractivity contribution is -0.137. The van der Waals surface area contributed by atoms with Gasteiger partial charge in [-0.2, -0.15) is 13.2 Å². The number of amides is 1. The predicted molar refractivity (Wildman–Crippen MR) is 105 cm³/mol. The van der Waals surface area contributed by atoms with E-state index < -0.39 is 35.6 Å². The summed E-state index contributed by atoms with van der Waals surface area (Å²) in [4.78, 5) is 37.0. The highest BCUT2D eigenvalue weighted by Crippen LogP contribution is 2.32. The Balaban J connectivity index is 1.78. The second-order valence-corrected chi connectivity index (χ2v) is 7.29. The molecule has 1 saturated heterocycles. The number of pyridine rings is 2. The highest BCUT2D eigenvalue weighted by Gasteiger charge is 2.36. The number of alkyl halides is 4.